The Balaban J connectivity index is 1.51. The number of fused-ring (bicyclic) bond motifs is 1. The molecule has 0 saturated carbocycles. The predicted octanol–water partition coefficient (Wildman–Crippen LogP) is 7.60. The van der Waals surface area contributed by atoms with Crippen molar-refractivity contribution in [3.05, 3.63) is 94.0 Å². The summed E-state index contributed by atoms with van der Waals surface area (Å²) in [6.45, 7) is 1.35. The van der Waals surface area contributed by atoms with Crippen LogP contribution in [0.1, 0.15) is 28.8 Å². The summed E-state index contributed by atoms with van der Waals surface area (Å²) >= 11 is 0. The third kappa shape index (κ3) is 11.1. The number of benzene rings is 5. The second kappa shape index (κ2) is 18.7. The molecular formula is C36H31N9O15S2. The van der Waals surface area contributed by atoms with Crippen LogP contribution in [0.2, 0.25) is 0 Å². The molecule has 322 valence electrons. The van der Waals surface area contributed by atoms with Gasteiger partial charge in [-0.05, 0) is 79.2 Å². The van der Waals surface area contributed by atoms with Gasteiger partial charge in [-0.1, -0.05) is 0 Å². The number of hydrogen-bond donors (Lipinski definition) is 7. The number of phenolic OH excluding ortho intramolecular Hbond substituents is 1. The molecule has 0 spiro atoms. The van der Waals surface area contributed by atoms with E-state index in [-0.39, 0.29) is 43.0 Å². The van der Waals surface area contributed by atoms with Crippen LogP contribution < -0.4 is 11.1 Å². The fourth-order valence-electron chi connectivity index (χ4n) is 5.39. The fraction of sp³-hybridized carbons (Fsp3) is 0.139. The van der Waals surface area contributed by atoms with Crippen molar-refractivity contribution in [1.82, 2.24) is 0 Å². The first-order chi connectivity index (χ1) is 29.1. The number of nitrogen functional groups attached to an aromatic ring is 1. The molecule has 26 heteroatoms. The Morgan fingerprint density at radius 2 is 1.35 bits per heavy atom. The molecule has 0 radical (unpaired) electrons. The lowest BCUT2D eigenvalue weighted by Gasteiger charge is -2.14. The number of amides is 1. The molecule has 0 fully saturated rings. The Kier molecular flexibility index (Phi) is 13.7. The number of aliphatic carboxylic acids is 1. The Labute approximate surface area is 348 Å². The van der Waals surface area contributed by atoms with Crippen LogP contribution in [-0.4, -0.2) is 77.2 Å². The van der Waals surface area contributed by atoms with Gasteiger partial charge in [-0.25, -0.2) is 4.79 Å². The molecule has 1 amide bonds. The summed E-state index contributed by atoms with van der Waals surface area (Å²) in [5.41, 5.74) is 4.26. The number of ether oxygens (including phenoxy) is 1. The van der Waals surface area contributed by atoms with Crippen molar-refractivity contribution in [2.45, 2.75) is 29.6 Å². The van der Waals surface area contributed by atoms with Gasteiger partial charge in [0.15, 0.2) is 11.4 Å². The summed E-state index contributed by atoms with van der Waals surface area (Å²) in [5.74, 6) is -4.09. The normalized spacial score (nSPS) is 12.1. The molecule has 0 aliphatic rings. The topological polar surface area (TPSA) is 385 Å². The van der Waals surface area contributed by atoms with Crippen molar-refractivity contribution in [2.75, 3.05) is 24.3 Å². The number of carbonyl (C=O) groups excluding carboxylic acids is 1. The van der Waals surface area contributed by atoms with E-state index < -0.39 is 97.8 Å². The minimum absolute atomic E-state index is 0.0600. The number of nitrogens with two attached hydrogens (primary N) is 1. The van der Waals surface area contributed by atoms with E-state index in [0.29, 0.717) is 29.1 Å². The second-order valence-corrected chi connectivity index (χ2v) is 15.5. The van der Waals surface area contributed by atoms with Crippen LogP contribution in [0, 0.1) is 17.0 Å². The third-order valence-corrected chi connectivity index (χ3v) is 10.1. The lowest BCUT2D eigenvalue weighted by molar-refractivity contribution is -0.384. The van der Waals surface area contributed by atoms with Crippen LogP contribution >= 0.6 is 0 Å². The molecule has 0 aliphatic carbocycles. The molecular weight excluding hydrogens is 863 g/mol. The van der Waals surface area contributed by atoms with Gasteiger partial charge >= 0.3 is 11.9 Å². The van der Waals surface area contributed by atoms with E-state index >= 15 is 0 Å². The van der Waals surface area contributed by atoms with Gasteiger partial charge in [0.25, 0.3) is 25.9 Å². The average molecular weight is 894 g/mol. The van der Waals surface area contributed by atoms with E-state index in [1.165, 1.54) is 42.5 Å². The number of azo groups is 3. The molecule has 0 saturated heterocycles. The number of rotatable bonds is 17. The summed E-state index contributed by atoms with van der Waals surface area (Å²) in [6.07, 6.45) is -0.526. The van der Waals surface area contributed by atoms with Gasteiger partial charge in [-0.2, -0.15) is 32.2 Å². The molecule has 0 aromatic heterocycles. The summed E-state index contributed by atoms with van der Waals surface area (Å²) in [6, 6.07) is 14.3. The average Bonchev–Trinajstić information content (AvgIpc) is 3.19. The van der Waals surface area contributed by atoms with E-state index in [1.54, 1.807) is 6.92 Å². The Morgan fingerprint density at radius 3 is 1.97 bits per heavy atom. The van der Waals surface area contributed by atoms with Gasteiger partial charge in [0.1, 0.15) is 21.2 Å². The molecule has 0 bridgehead atoms. The summed E-state index contributed by atoms with van der Waals surface area (Å²) in [5, 5.41) is 65.6. The van der Waals surface area contributed by atoms with Crippen molar-refractivity contribution in [2.24, 2.45) is 30.7 Å². The number of nitro benzene ring substituents is 1. The number of anilines is 2. The predicted molar refractivity (Wildman–Crippen MR) is 216 cm³/mol. The maximum Gasteiger partial charge on any atom is 0.335 e. The van der Waals surface area contributed by atoms with E-state index in [0.717, 1.165) is 18.2 Å². The van der Waals surface area contributed by atoms with Gasteiger partial charge in [0.2, 0.25) is 5.91 Å². The Bertz CT molecular complexity index is 2960. The van der Waals surface area contributed by atoms with Crippen LogP contribution in [0.15, 0.2) is 113 Å². The molecule has 0 unspecified atom stereocenters. The largest absolute Gasteiger partial charge is 0.505 e. The molecule has 62 heavy (non-hydrogen) atoms. The van der Waals surface area contributed by atoms with Crippen molar-refractivity contribution < 1.29 is 65.3 Å². The highest BCUT2D eigenvalue weighted by atomic mass is 32.2. The van der Waals surface area contributed by atoms with E-state index in [1.807, 2.05) is 0 Å². The number of hydrogen-bond acceptors (Lipinski definition) is 18. The molecule has 0 atom stereocenters. The minimum atomic E-state index is -5.41. The lowest BCUT2D eigenvalue weighted by atomic mass is 10.0. The van der Waals surface area contributed by atoms with Crippen LogP contribution in [0.4, 0.5) is 51.2 Å². The van der Waals surface area contributed by atoms with Crippen molar-refractivity contribution in [3.63, 3.8) is 0 Å². The molecule has 5 rings (SSSR count). The van der Waals surface area contributed by atoms with Crippen LogP contribution in [0.3, 0.4) is 0 Å². The molecule has 0 aliphatic heterocycles. The number of aryl methyl sites for hydroxylation is 1. The number of nitro groups is 1. The Hall–Kier alpha value is -7.65. The van der Waals surface area contributed by atoms with Gasteiger partial charge in [-0.3, -0.25) is 28.8 Å². The smallest absolute Gasteiger partial charge is 0.335 e. The summed E-state index contributed by atoms with van der Waals surface area (Å²) in [4.78, 5) is 42.7. The molecule has 5 aromatic rings. The molecule has 8 N–H and O–H groups in total. The summed E-state index contributed by atoms with van der Waals surface area (Å²) < 4.78 is 75.5. The maximum atomic E-state index is 12.6. The minimum Gasteiger partial charge on any atom is -0.505 e. The first-order valence-electron chi connectivity index (χ1n) is 17.3. The zero-order valence-electron chi connectivity index (χ0n) is 31.6. The van der Waals surface area contributed by atoms with Gasteiger partial charge in [-0.15, -0.1) is 15.3 Å². The number of carboxylic acids is 2. The standard InChI is InChI=1S/C36H31N9O15S2/c1-18-14-22(7-8-24(18)41-39-20-4-2-19(3-5-20)36(50)51)40-43-26-17-28(61(54,55)56)23-16-29(62(57,58)59)34(35(49)32(23)33(26)37)44-42-25-9-6-21(15-27(25)45(52)53)38-30(46)10-12-60-13-11-31(47)48/h2-9,14-17,49H,10-13,37H2,1H3,(H,38,46)(H,47,48)(H,50,51)(H,54,55,56)(H,57,58,59)/b41-39+,43-40+,44-42+. The van der Waals surface area contributed by atoms with Gasteiger partial charge in [0, 0.05) is 17.1 Å². The first kappa shape index (κ1) is 45.4. The third-order valence-electron chi connectivity index (χ3n) is 8.36. The highest BCUT2D eigenvalue weighted by molar-refractivity contribution is 7.86. The van der Waals surface area contributed by atoms with Crippen molar-refractivity contribution in [3.8, 4) is 5.75 Å². The van der Waals surface area contributed by atoms with Crippen LogP contribution in [0.5, 0.6) is 5.75 Å². The van der Waals surface area contributed by atoms with Crippen molar-refractivity contribution in [1.29, 1.82) is 0 Å². The van der Waals surface area contributed by atoms with E-state index in [4.69, 9.17) is 20.7 Å². The lowest BCUT2D eigenvalue weighted by Crippen LogP contribution is -2.15. The molecule has 24 nitrogen and oxygen atoms in total. The first-order valence-corrected chi connectivity index (χ1v) is 20.2. The molecule has 0 heterocycles. The SMILES string of the molecule is Cc1cc(/N=N/c2cc(S(=O)(=O)O)c3cc(S(=O)(=O)O)c(/N=N/c4ccc(NC(=O)CCOCCC(=O)O)cc4[N+](=O)[O-])c(O)c3c2N)ccc1/N=N/c1ccc(C(=O)O)cc1. The number of carboxylic acid groups (broad SMARTS) is 2. The zero-order chi connectivity index (χ0) is 45.5. The van der Waals surface area contributed by atoms with Crippen molar-refractivity contribution >= 4 is 100 Å². The fourth-order valence-corrected chi connectivity index (χ4v) is 6.74. The number of aromatic carboxylic acids is 1. The van der Waals surface area contributed by atoms with Crippen LogP contribution in [0.25, 0.3) is 10.8 Å². The van der Waals surface area contributed by atoms with Crippen LogP contribution in [-0.2, 0) is 34.6 Å². The van der Waals surface area contributed by atoms with E-state index in [9.17, 15) is 55.5 Å². The van der Waals surface area contributed by atoms with E-state index in [2.05, 4.69) is 36.0 Å². The highest BCUT2D eigenvalue weighted by Gasteiger charge is 2.29. The summed E-state index contributed by atoms with van der Waals surface area (Å²) in [7, 11) is -10.7. The second-order valence-electron chi connectivity index (χ2n) is 12.7. The quantitative estimate of drug-likeness (QED) is 0.0118. The Morgan fingerprint density at radius 1 is 0.758 bits per heavy atom. The van der Waals surface area contributed by atoms with Gasteiger partial charge in [0.05, 0.1) is 64.7 Å². The molecule has 5 aromatic carbocycles. The zero-order valence-corrected chi connectivity index (χ0v) is 33.2. The number of nitrogens with one attached hydrogen (secondary N) is 1. The maximum absolute atomic E-state index is 12.6. The number of nitrogens with zero attached hydrogens (tertiary/aromatic N) is 7. The highest BCUT2D eigenvalue weighted by Crippen LogP contribution is 2.48. The monoisotopic (exact) mass is 893 g/mol. The number of aromatic hydroxyl groups is 1. The van der Waals surface area contributed by atoms with Gasteiger partial charge < -0.3 is 31.1 Å². The number of phenols is 1. The number of carbonyl (C=O) groups is 3.